The van der Waals surface area contributed by atoms with E-state index in [1.165, 1.54) is 11.1 Å². The van der Waals surface area contributed by atoms with Crippen molar-refractivity contribution >= 4 is 0 Å². The van der Waals surface area contributed by atoms with Gasteiger partial charge in [0, 0.05) is 24.8 Å². The van der Waals surface area contributed by atoms with Crippen LogP contribution in [-0.4, -0.2) is 16.3 Å². The maximum absolute atomic E-state index is 4.44. The number of benzene rings is 1. The van der Waals surface area contributed by atoms with E-state index in [2.05, 4.69) is 68.6 Å². The molecule has 0 aliphatic carbocycles. The maximum atomic E-state index is 4.44. The predicted molar refractivity (Wildman–Crippen MR) is 88.1 cm³/mol. The predicted octanol–water partition coefficient (Wildman–Crippen LogP) is 3.70. The van der Waals surface area contributed by atoms with E-state index in [1.807, 2.05) is 16.9 Å². The SMILES string of the molecule is CC(C)C(C)(C)CNCc1cnn(Cc2ccccc2)c1. The third-order valence-corrected chi connectivity index (χ3v) is 4.35. The van der Waals surface area contributed by atoms with E-state index in [0.29, 0.717) is 11.3 Å². The van der Waals surface area contributed by atoms with Gasteiger partial charge in [0.2, 0.25) is 0 Å². The van der Waals surface area contributed by atoms with Gasteiger partial charge in [-0.05, 0) is 16.9 Å². The minimum absolute atomic E-state index is 0.319. The molecule has 2 aromatic rings. The Hall–Kier alpha value is -1.61. The Balaban J connectivity index is 1.84. The second kappa shape index (κ2) is 6.90. The average Bonchev–Trinajstić information content (AvgIpc) is 2.87. The molecule has 0 fully saturated rings. The Morgan fingerprint density at radius 3 is 2.52 bits per heavy atom. The lowest BCUT2D eigenvalue weighted by atomic mass is 9.81. The van der Waals surface area contributed by atoms with Gasteiger partial charge in [0.1, 0.15) is 0 Å². The number of rotatable bonds is 7. The molecule has 0 unspecified atom stereocenters. The van der Waals surface area contributed by atoms with Crippen LogP contribution in [0.5, 0.6) is 0 Å². The van der Waals surface area contributed by atoms with E-state index in [9.17, 15) is 0 Å². The first-order valence-electron chi connectivity index (χ1n) is 7.73. The molecule has 3 nitrogen and oxygen atoms in total. The highest BCUT2D eigenvalue weighted by Gasteiger charge is 2.21. The molecule has 0 radical (unpaired) electrons. The van der Waals surface area contributed by atoms with E-state index < -0.39 is 0 Å². The molecular weight excluding hydrogens is 258 g/mol. The van der Waals surface area contributed by atoms with Crippen LogP contribution in [0.3, 0.4) is 0 Å². The molecule has 0 atom stereocenters. The van der Waals surface area contributed by atoms with Crippen LogP contribution < -0.4 is 5.32 Å². The van der Waals surface area contributed by atoms with Crippen LogP contribution in [0.1, 0.15) is 38.8 Å². The fourth-order valence-electron chi connectivity index (χ4n) is 2.09. The van der Waals surface area contributed by atoms with Gasteiger partial charge in [-0.15, -0.1) is 0 Å². The van der Waals surface area contributed by atoms with Crippen LogP contribution in [0.25, 0.3) is 0 Å². The maximum Gasteiger partial charge on any atom is 0.0659 e. The molecule has 1 aromatic heterocycles. The fraction of sp³-hybridized carbons (Fsp3) is 0.500. The van der Waals surface area contributed by atoms with Gasteiger partial charge in [0.25, 0.3) is 0 Å². The van der Waals surface area contributed by atoms with Gasteiger partial charge >= 0.3 is 0 Å². The minimum Gasteiger partial charge on any atom is -0.312 e. The zero-order chi connectivity index (χ0) is 15.3. The standard InChI is InChI=1S/C18H27N3/c1-15(2)18(3,4)14-19-10-17-11-20-21(13-17)12-16-8-6-5-7-9-16/h5-9,11,13,15,19H,10,12,14H2,1-4H3. The third-order valence-electron chi connectivity index (χ3n) is 4.35. The van der Waals surface area contributed by atoms with Gasteiger partial charge in [0.05, 0.1) is 12.7 Å². The quantitative estimate of drug-likeness (QED) is 0.840. The molecule has 0 bridgehead atoms. The Morgan fingerprint density at radius 1 is 1.14 bits per heavy atom. The van der Waals surface area contributed by atoms with Crippen molar-refractivity contribution in [3.63, 3.8) is 0 Å². The Kier molecular flexibility index (Phi) is 5.18. The molecule has 3 heteroatoms. The number of aromatic nitrogens is 2. The summed E-state index contributed by atoms with van der Waals surface area (Å²) in [6, 6.07) is 10.4. The van der Waals surface area contributed by atoms with Crippen molar-refractivity contribution in [2.24, 2.45) is 11.3 Å². The molecule has 0 saturated heterocycles. The first kappa shape index (κ1) is 15.8. The third kappa shape index (κ3) is 4.71. The van der Waals surface area contributed by atoms with Crippen LogP contribution >= 0.6 is 0 Å². The lowest BCUT2D eigenvalue weighted by Crippen LogP contribution is -2.33. The molecule has 0 aliphatic rings. The van der Waals surface area contributed by atoms with Crippen molar-refractivity contribution in [1.29, 1.82) is 0 Å². The van der Waals surface area contributed by atoms with E-state index in [0.717, 1.165) is 19.6 Å². The van der Waals surface area contributed by atoms with Crippen molar-refractivity contribution in [1.82, 2.24) is 15.1 Å². The molecule has 1 aromatic carbocycles. The van der Waals surface area contributed by atoms with Crippen molar-refractivity contribution in [2.45, 2.75) is 40.8 Å². The van der Waals surface area contributed by atoms with Gasteiger partial charge in [-0.1, -0.05) is 58.0 Å². The molecule has 2 rings (SSSR count). The fourth-order valence-corrected chi connectivity index (χ4v) is 2.09. The molecule has 21 heavy (non-hydrogen) atoms. The molecule has 1 N–H and O–H groups in total. The molecular formula is C18H27N3. The molecule has 0 spiro atoms. The largest absolute Gasteiger partial charge is 0.312 e. The van der Waals surface area contributed by atoms with Gasteiger partial charge in [-0.25, -0.2) is 0 Å². The molecule has 0 aliphatic heterocycles. The summed E-state index contributed by atoms with van der Waals surface area (Å²) in [6.45, 7) is 11.9. The number of hydrogen-bond acceptors (Lipinski definition) is 2. The summed E-state index contributed by atoms with van der Waals surface area (Å²) < 4.78 is 2.00. The van der Waals surface area contributed by atoms with Crippen LogP contribution in [-0.2, 0) is 13.1 Å². The normalized spacial score (nSPS) is 12.0. The van der Waals surface area contributed by atoms with Crippen molar-refractivity contribution in [3.05, 3.63) is 53.9 Å². The number of nitrogens with zero attached hydrogens (tertiary/aromatic N) is 2. The zero-order valence-electron chi connectivity index (χ0n) is 13.6. The van der Waals surface area contributed by atoms with E-state index in [1.54, 1.807) is 0 Å². The Morgan fingerprint density at radius 2 is 1.86 bits per heavy atom. The number of nitrogens with one attached hydrogen (secondary N) is 1. The first-order valence-corrected chi connectivity index (χ1v) is 7.73. The second-order valence-electron chi connectivity index (χ2n) is 6.78. The molecule has 0 amide bonds. The van der Waals surface area contributed by atoms with Crippen LogP contribution in [0.2, 0.25) is 0 Å². The van der Waals surface area contributed by atoms with Crippen LogP contribution in [0.15, 0.2) is 42.7 Å². The lowest BCUT2D eigenvalue weighted by molar-refractivity contribution is 0.238. The molecule has 1 heterocycles. The first-order chi connectivity index (χ1) is 9.97. The Labute approximate surface area is 128 Å². The zero-order valence-corrected chi connectivity index (χ0v) is 13.6. The summed E-state index contributed by atoms with van der Waals surface area (Å²) in [5.74, 6) is 0.672. The molecule has 114 valence electrons. The monoisotopic (exact) mass is 285 g/mol. The van der Waals surface area contributed by atoms with Crippen molar-refractivity contribution < 1.29 is 0 Å². The highest BCUT2D eigenvalue weighted by atomic mass is 15.3. The van der Waals surface area contributed by atoms with Gasteiger partial charge in [-0.2, -0.15) is 5.10 Å². The summed E-state index contributed by atoms with van der Waals surface area (Å²) in [5, 5.41) is 7.99. The summed E-state index contributed by atoms with van der Waals surface area (Å²) in [4.78, 5) is 0. The summed E-state index contributed by atoms with van der Waals surface area (Å²) in [7, 11) is 0. The topological polar surface area (TPSA) is 29.9 Å². The average molecular weight is 285 g/mol. The van der Waals surface area contributed by atoms with E-state index in [-0.39, 0.29) is 0 Å². The van der Waals surface area contributed by atoms with Crippen LogP contribution in [0, 0.1) is 11.3 Å². The molecule has 0 saturated carbocycles. The van der Waals surface area contributed by atoms with E-state index in [4.69, 9.17) is 0 Å². The smallest absolute Gasteiger partial charge is 0.0659 e. The number of hydrogen-bond donors (Lipinski definition) is 1. The van der Waals surface area contributed by atoms with E-state index >= 15 is 0 Å². The summed E-state index contributed by atoms with van der Waals surface area (Å²) in [6.07, 6.45) is 4.08. The van der Waals surface area contributed by atoms with Gasteiger partial charge < -0.3 is 5.32 Å². The van der Waals surface area contributed by atoms with Crippen molar-refractivity contribution in [2.75, 3.05) is 6.54 Å². The highest BCUT2D eigenvalue weighted by Crippen LogP contribution is 2.24. The second-order valence-corrected chi connectivity index (χ2v) is 6.78. The summed E-state index contributed by atoms with van der Waals surface area (Å²) in [5.41, 5.74) is 2.84. The lowest BCUT2D eigenvalue weighted by Gasteiger charge is -2.29. The van der Waals surface area contributed by atoms with Gasteiger partial charge in [-0.3, -0.25) is 4.68 Å². The van der Waals surface area contributed by atoms with Gasteiger partial charge in [0.15, 0.2) is 0 Å². The highest BCUT2D eigenvalue weighted by molar-refractivity contribution is 5.15. The van der Waals surface area contributed by atoms with Crippen LogP contribution in [0.4, 0.5) is 0 Å². The summed E-state index contributed by atoms with van der Waals surface area (Å²) >= 11 is 0. The Bertz CT molecular complexity index is 541. The van der Waals surface area contributed by atoms with Crippen molar-refractivity contribution in [3.8, 4) is 0 Å². The minimum atomic E-state index is 0.319.